The minimum atomic E-state index is -0.0386. The highest BCUT2D eigenvalue weighted by Crippen LogP contribution is 2.28. The number of likely N-dealkylation sites (tertiary alicyclic amines) is 1. The normalized spacial score (nSPS) is 18.2. The second-order valence-electron chi connectivity index (χ2n) is 5.83. The largest absolute Gasteiger partial charge is 0.324 e. The van der Waals surface area contributed by atoms with E-state index in [4.69, 9.17) is 11.6 Å². The van der Waals surface area contributed by atoms with Crippen molar-refractivity contribution >= 4 is 46.0 Å². The summed E-state index contributed by atoms with van der Waals surface area (Å²) in [6.07, 6.45) is 6.10. The summed E-state index contributed by atoms with van der Waals surface area (Å²) in [5.74, 6) is 1.70. The van der Waals surface area contributed by atoms with Gasteiger partial charge in [0.15, 0.2) is 0 Å². The van der Waals surface area contributed by atoms with Gasteiger partial charge in [0.05, 0.1) is 16.2 Å². The number of pyridine rings is 1. The zero-order valence-corrected chi connectivity index (χ0v) is 14.7. The fourth-order valence-electron chi connectivity index (χ4n) is 3.06. The van der Waals surface area contributed by atoms with Crippen molar-refractivity contribution in [2.45, 2.75) is 12.8 Å². The van der Waals surface area contributed by atoms with Gasteiger partial charge in [-0.05, 0) is 55.0 Å². The van der Waals surface area contributed by atoms with Gasteiger partial charge in [0, 0.05) is 24.7 Å². The van der Waals surface area contributed by atoms with E-state index < -0.39 is 0 Å². The Labute approximate surface area is 145 Å². The molecule has 1 N–H and O–H groups in total. The maximum absolute atomic E-state index is 12.6. The number of nitrogens with zero attached hydrogens (tertiary/aromatic N) is 2. The molecule has 2 heterocycles. The van der Waals surface area contributed by atoms with Crippen LogP contribution in [-0.4, -0.2) is 41.0 Å². The molecular weight excluding hydrogens is 330 g/mol. The molecule has 0 spiro atoms. The van der Waals surface area contributed by atoms with Crippen molar-refractivity contribution in [3.63, 3.8) is 0 Å². The van der Waals surface area contributed by atoms with Crippen molar-refractivity contribution in [1.29, 1.82) is 0 Å². The van der Waals surface area contributed by atoms with Gasteiger partial charge in [-0.3, -0.25) is 4.98 Å². The number of anilines is 1. The fraction of sp³-hybridized carbons (Fsp3) is 0.412. The summed E-state index contributed by atoms with van der Waals surface area (Å²) in [6, 6.07) is 7.36. The number of nitrogens with one attached hydrogen (secondary N) is 1. The van der Waals surface area contributed by atoms with E-state index in [2.05, 4.69) is 16.6 Å². The number of hydrogen-bond donors (Lipinski definition) is 1. The lowest BCUT2D eigenvalue weighted by molar-refractivity contribution is 0.183. The van der Waals surface area contributed by atoms with Crippen LogP contribution in [0.4, 0.5) is 10.5 Å². The monoisotopic (exact) mass is 349 g/mol. The van der Waals surface area contributed by atoms with Crippen molar-refractivity contribution < 1.29 is 4.79 Å². The van der Waals surface area contributed by atoms with Gasteiger partial charge in [-0.2, -0.15) is 11.8 Å². The van der Waals surface area contributed by atoms with E-state index in [1.165, 1.54) is 6.42 Å². The van der Waals surface area contributed by atoms with Gasteiger partial charge in [0.2, 0.25) is 0 Å². The molecule has 1 aromatic heterocycles. The highest BCUT2D eigenvalue weighted by atomic mass is 35.5. The molecule has 0 radical (unpaired) electrons. The smallest absolute Gasteiger partial charge is 0.321 e. The van der Waals surface area contributed by atoms with Crippen LogP contribution in [0.3, 0.4) is 0 Å². The van der Waals surface area contributed by atoms with Crippen LogP contribution >= 0.6 is 23.4 Å². The molecule has 0 unspecified atom stereocenters. The van der Waals surface area contributed by atoms with E-state index >= 15 is 0 Å². The zero-order valence-electron chi connectivity index (χ0n) is 13.1. The first-order valence-corrected chi connectivity index (χ1v) is 9.54. The highest BCUT2D eigenvalue weighted by molar-refractivity contribution is 7.98. The van der Waals surface area contributed by atoms with Crippen LogP contribution < -0.4 is 5.32 Å². The average molecular weight is 350 g/mol. The van der Waals surface area contributed by atoms with Crippen LogP contribution in [-0.2, 0) is 0 Å². The summed E-state index contributed by atoms with van der Waals surface area (Å²) < 4.78 is 0. The summed E-state index contributed by atoms with van der Waals surface area (Å²) in [5, 5.41) is 4.49. The molecule has 1 aliphatic heterocycles. The molecule has 1 aliphatic rings. The molecule has 0 bridgehead atoms. The molecule has 2 amide bonds. The molecule has 0 aliphatic carbocycles. The van der Waals surface area contributed by atoms with Crippen LogP contribution in [0.15, 0.2) is 30.5 Å². The number of carbonyl (C=O) groups is 1. The summed E-state index contributed by atoms with van der Waals surface area (Å²) in [5.41, 5.74) is 1.47. The Kier molecular flexibility index (Phi) is 5.28. The van der Waals surface area contributed by atoms with E-state index in [0.29, 0.717) is 16.5 Å². The third kappa shape index (κ3) is 3.72. The molecule has 122 valence electrons. The molecule has 6 heteroatoms. The first kappa shape index (κ1) is 16.4. The minimum absolute atomic E-state index is 0.0386. The van der Waals surface area contributed by atoms with Crippen LogP contribution in [0, 0.1) is 5.92 Å². The predicted octanol–water partition coefficient (Wildman–Crippen LogP) is 4.50. The van der Waals surface area contributed by atoms with Gasteiger partial charge >= 0.3 is 6.03 Å². The number of halogens is 1. The number of rotatable bonds is 3. The standard InChI is InChI=1S/C17H20ClN3OS/c1-23-11-12-4-3-9-21(10-12)17(22)20-15-7-6-14(18)16-13(15)5-2-8-19-16/h2,5-8,12H,3-4,9-11H2,1H3,(H,20,22)/t12-/m1/s1. The third-order valence-corrected chi connectivity index (χ3v) is 5.28. The molecule has 1 saturated heterocycles. The van der Waals surface area contributed by atoms with Gasteiger partial charge < -0.3 is 10.2 Å². The van der Waals surface area contributed by atoms with Crippen molar-refractivity contribution in [2.75, 3.05) is 30.4 Å². The van der Waals surface area contributed by atoms with E-state index in [0.717, 1.165) is 36.3 Å². The van der Waals surface area contributed by atoms with Gasteiger partial charge in [0.1, 0.15) is 0 Å². The summed E-state index contributed by atoms with van der Waals surface area (Å²) in [4.78, 5) is 18.8. The number of benzene rings is 1. The van der Waals surface area contributed by atoms with Gasteiger partial charge in [-0.15, -0.1) is 0 Å². The SMILES string of the molecule is CSC[C@@H]1CCCN(C(=O)Nc2ccc(Cl)c3ncccc23)C1. The van der Waals surface area contributed by atoms with Crippen LogP contribution in [0.2, 0.25) is 5.02 Å². The predicted molar refractivity (Wildman–Crippen MR) is 98.5 cm³/mol. The molecule has 0 saturated carbocycles. The van der Waals surface area contributed by atoms with E-state index in [-0.39, 0.29) is 6.03 Å². The average Bonchev–Trinajstić information content (AvgIpc) is 2.58. The maximum Gasteiger partial charge on any atom is 0.321 e. The molecular formula is C17H20ClN3OS. The number of piperidine rings is 1. The van der Waals surface area contributed by atoms with Crippen molar-refractivity contribution in [3.8, 4) is 0 Å². The van der Waals surface area contributed by atoms with Crippen LogP contribution in [0.1, 0.15) is 12.8 Å². The number of urea groups is 1. The number of hydrogen-bond acceptors (Lipinski definition) is 3. The molecule has 1 fully saturated rings. The van der Waals surface area contributed by atoms with Crippen molar-refractivity contribution in [3.05, 3.63) is 35.5 Å². The van der Waals surface area contributed by atoms with Gasteiger partial charge in [-0.1, -0.05) is 11.6 Å². The Hall–Kier alpha value is -1.46. The van der Waals surface area contributed by atoms with Gasteiger partial charge in [-0.25, -0.2) is 4.79 Å². The number of thioether (sulfide) groups is 1. The molecule has 23 heavy (non-hydrogen) atoms. The summed E-state index contributed by atoms with van der Waals surface area (Å²) in [6.45, 7) is 1.65. The Balaban J connectivity index is 1.77. The fourth-order valence-corrected chi connectivity index (χ4v) is 4.02. The maximum atomic E-state index is 12.6. The number of aromatic nitrogens is 1. The first-order valence-electron chi connectivity index (χ1n) is 7.77. The first-order chi connectivity index (χ1) is 11.2. The lowest BCUT2D eigenvalue weighted by atomic mass is 10.0. The van der Waals surface area contributed by atoms with E-state index in [1.807, 2.05) is 34.9 Å². The van der Waals surface area contributed by atoms with Crippen molar-refractivity contribution in [1.82, 2.24) is 9.88 Å². The topological polar surface area (TPSA) is 45.2 Å². The Bertz CT molecular complexity index is 707. The summed E-state index contributed by atoms with van der Waals surface area (Å²) in [7, 11) is 0. The Morgan fingerprint density at radius 1 is 1.48 bits per heavy atom. The van der Waals surface area contributed by atoms with Crippen LogP contribution in [0.5, 0.6) is 0 Å². The van der Waals surface area contributed by atoms with E-state index in [1.54, 1.807) is 12.3 Å². The van der Waals surface area contributed by atoms with Gasteiger partial charge in [0.25, 0.3) is 0 Å². The quantitative estimate of drug-likeness (QED) is 0.887. The molecule has 2 aromatic rings. The Morgan fingerprint density at radius 2 is 2.35 bits per heavy atom. The minimum Gasteiger partial charge on any atom is -0.324 e. The number of carbonyl (C=O) groups excluding carboxylic acids is 1. The summed E-state index contributed by atoms with van der Waals surface area (Å²) >= 11 is 8.03. The molecule has 3 rings (SSSR count). The number of amides is 2. The third-order valence-electron chi connectivity index (χ3n) is 4.17. The molecule has 1 aromatic carbocycles. The second-order valence-corrected chi connectivity index (χ2v) is 7.15. The lowest BCUT2D eigenvalue weighted by Gasteiger charge is -2.32. The lowest BCUT2D eigenvalue weighted by Crippen LogP contribution is -2.42. The highest BCUT2D eigenvalue weighted by Gasteiger charge is 2.23. The molecule has 4 nitrogen and oxygen atoms in total. The van der Waals surface area contributed by atoms with E-state index in [9.17, 15) is 4.79 Å². The number of fused-ring (bicyclic) bond motifs is 1. The molecule has 1 atom stereocenters. The van der Waals surface area contributed by atoms with Crippen LogP contribution in [0.25, 0.3) is 10.9 Å². The second kappa shape index (κ2) is 7.41. The zero-order chi connectivity index (χ0) is 16.2. The Morgan fingerprint density at radius 3 is 3.17 bits per heavy atom. The van der Waals surface area contributed by atoms with Crippen molar-refractivity contribution in [2.24, 2.45) is 5.92 Å².